The Morgan fingerprint density at radius 1 is 1.35 bits per heavy atom. The minimum Gasteiger partial charge on any atom is -0.489 e. The van der Waals surface area contributed by atoms with Crippen LogP contribution in [0.25, 0.3) is 11.0 Å². The summed E-state index contributed by atoms with van der Waals surface area (Å²) in [4.78, 5) is 4.71. The van der Waals surface area contributed by atoms with Crippen molar-refractivity contribution in [1.82, 2.24) is 9.55 Å². The maximum atomic E-state index is 6.29. The quantitative estimate of drug-likeness (QED) is 0.736. The molecule has 2 rings (SSSR count). The molecule has 1 aromatic carbocycles. The molecule has 0 aliphatic rings. The minimum atomic E-state index is -0.115. The molecule has 3 nitrogen and oxygen atoms in total. The smallest absolute Gasteiger partial charge is 0.147 e. The van der Waals surface area contributed by atoms with Crippen LogP contribution in [0.5, 0.6) is 5.75 Å². The number of fused-ring (bicyclic) bond motifs is 1. The highest BCUT2D eigenvalue weighted by molar-refractivity contribution is 7.98. The molecule has 1 unspecified atom stereocenters. The van der Waals surface area contributed by atoms with Gasteiger partial charge in [-0.05, 0) is 39.2 Å². The number of benzene rings is 1. The molecule has 0 saturated carbocycles. The Labute approximate surface area is 129 Å². The number of thioether (sulfide) groups is 1. The molecule has 1 aromatic heterocycles. The number of aromatic nitrogens is 2. The van der Waals surface area contributed by atoms with Gasteiger partial charge in [-0.15, -0.1) is 11.6 Å². The predicted octanol–water partition coefficient (Wildman–Crippen LogP) is 4.49. The Morgan fingerprint density at radius 3 is 2.70 bits per heavy atom. The highest BCUT2D eigenvalue weighted by Crippen LogP contribution is 2.30. The zero-order valence-electron chi connectivity index (χ0n) is 12.4. The average molecular weight is 313 g/mol. The first kappa shape index (κ1) is 15.5. The summed E-state index contributed by atoms with van der Waals surface area (Å²) in [6, 6.07) is 6.07. The molecule has 20 heavy (non-hydrogen) atoms. The van der Waals surface area contributed by atoms with Crippen LogP contribution in [0.2, 0.25) is 0 Å². The molecule has 5 heteroatoms. The molecule has 0 spiro atoms. The second kappa shape index (κ2) is 6.72. The number of aryl methyl sites for hydroxylation is 1. The summed E-state index contributed by atoms with van der Waals surface area (Å²) in [5, 5.41) is -0.115. The Bertz CT molecular complexity index is 581. The molecule has 0 bridgehead atoms. The molecule has 0 aliphatic heterocycles. The molecule has 0 fully saturated rings. The van der Waals surface area contributed by atoms with Gasteiger partial charge in [-0.25, -0.2) is 4.98 Å². The van der Waals surface area contributed by atoms with E-state index in [9.17, 15) is 0 Å². The fourth-order valence-electron chi connectivity index (χ4n) is 2.21. The summed E-state index contributed by atoms with van der Waals surface area (Å²) in [5.41, 5.74) is 2.00. The first-order valence-electron chi connectivity index (χ1n) is 6.83. The van der Waals surface area contributed by atoms with Crippen LogP contribution in [0, 0.1) is 0 Å². The van der Waals surface area contributed by atoms with Gasteiger partial charge >= 0.3 is 0 Å². The zero-order valence-corrected chi connectivity index (χ0v) is 14.0. The number of para-hydroxylation sites is 1. The van der Waals surface area contributed by atoms with Gasteiger partial charge in [-0.3, -0.25) is 0 Å². The van der Waals surface area contributed by atoms with E-state index in [1.807, 2.05) is 44.7 Å². The van der Waals surface area contributed by atoms with Crippen LogP contribution in [0.4, 0.5) is 0 Å². The van der Waals surface area contributed by atoms with Gasteiger partial charge in [0.1, 0.15) is 17.1 Å². The van der Waals surface area contributed by atoms with Gasteiger partial charge in [-0.1, -0.05) is 6.07 Å². The summed E-state index contributed by atoms with van der Waals surface area (Å²) in [7, 11) is 0. The average Bonchev–Trinajstić information content (AvgIpc) is 2.75. The predicted molar refractivity (Wildman–Crippen MR) is 88.1 cm³/mol. The van der Waals surface area contributed by atoms with Crippen molar-refractivity contribution in [1.29, 1.82) is 0 Å². The van der Waals surface area contributed by atoms with Gasteiger partial charge in [0.25, 0.3) is 0 Å². The number of hydrogen-bond donors (Lipinski definition) is 0. The molecule has 0 amide bonds. The Balaban J connectivity index is 2.54. The first-order chi connectivity index (χ1) is 9.54. The van der Waals surface area contributed by atoms with E-state index >= 15 is 0 Å². The summed E-state index contributed by atoms with van der Waals surface area (Å²) in [5.74, 6) is 2.78. The fraction of sp³-hybridized carbons (Fsp3) is 0.533. The number of alkyl halides is 1. The van der Waals surface area contributed by atoms with Crippen LogP contribution < -0.4 is 4.74 Å². The van der Waals surface area contributed by atoms with Crippen LogP contribution in [-0.2, 0) is 6.54 Å². The van der Waals surface area contributed by atoms with Crippen molar-refractivity contribution < 1.29 is 4.74 Å². The molecule has 2 aromatic rings. The lowest BCUT2D eigenvalue weighted by Crippen LogP contribution is -2.06. The van der Waals surface area contributed by atoms with Gasteiger partial charge in [0, 0.05) is 12.3 Å². The number of rotatable bonds is 6. The van der Waals surface area contributed by atoms with E-state index in [-0.39, 0.29) is 11.5 Å². The highest BCUT2D eigenvalue weighted by Gasteiger charge is 2.17. The van der Waals surface area contributed by atoms with E-state index in [4.69, 9.17) is 21.3 Å². The van der Waals surface area contributed by atoms with Gasteiger partial charge in [-0.2, -0.15) is 11.8 Å². The second-order valence-electron chi connectivity index (χ2n) is 5.02. The van der Waals surface area contributed by atoms with Gasteiger partial charge < -0.3 is 9.30 Å². The highest BCUT2D eigenvalue weighted by atomic mass is 35.5. The van der Waals surface area contributed by atoms with Gasteiger partial charge in [0.2, 0.25) is 0 Å². The van der Waals surface area contributed by atoms with Crippen molar-refractivity contribution in [3.63, 3.8) is 0 Å². The molecule has 110 valence electrons. The van der Waals surface area contributed by atoms with Crippen LogP contribution in [0.1, 0.15) is 32.0 Å². The normalized spacial score (nSPS) is 13.1. The summed E-state index contributed by atoms with van der Waals surface area (Å²) >= 11 is 8.11. The zero-order chi connectivity index (χ0) is 14.7. The lowest BCUT2D eigenvalue weighted by Gasteiger charge is -2.11. The molecule has 1 heterocycles. The number of ether oxygens (including phenoxy) is 1. The molecular formula is C15H21ClN2OS. The van der Waals surface area contributed by atoms with Crippen molar-refractivity contribution >= 4 is 34.4 Å². The summed E-state index contributed by atoms with van der Waals surface area (Å²) < 4.78 is 8.06. The third-order valence-corrected chi connectivity index (χ3v) is 3.79. The first-order valence-corrected chi connectivity index (χ1v) is 8.66. The van der Waals surface area contributed by atoms with Crippen LogP contribution in [0.15, 0.2) is 18.2 Å². The van der Waals surface area contributed by atoms with E-state index in [2.05, 4.69) is 16.9 Å². The third-order valence-electron chi connectivity index (χ3n) is 3.01. The van der Waals surface area contributed by atoms with Crippen LogP contribution >= 0.6 is 23.4 Å². The van der Waals surface area contributed by atoms with E-state index in [1.165, 1.54) is 0 Å². The third kappa shape index (κ3) is 3.23. The summed E-state index contributed by atoms with van der Waals surface area (Å²) in [6.07, 6.45) is 2.24. The van der Waals surface area contributed by atoms with Crippen LogP contribution in [-0.4, -0.2) is 27.7 Å². The van der Waals surface area contributed by atoms with Crippen molar-refractivity contribution in [2.45, 2.75) is 38.8 Å². The van der Waals surface area contributed by atoms with Gasteiger partial charge in [0.15, 0.2) is 0 Å². The maximum Gasteiger partial charge on any atom is 0.147 e. The maximum absolute atomic E-state index is 6.29. The number of halogens is 1. The number of hydrogen-bond acceptors (Lipinski definition) is 3. The lowest BCUT2D eigenvalue weighted by atomic mass is 10.3. The second-order valence-corrected chi connectivity index (χ2v) is 6.66. The van der Waals surface area contributed by atoms with Gasteiger partial charge in [0.05, 0.1) is 17.0 Å². The fourth-order valence-corrected chi connectivity index (χ4v) is 2.74. The Kier molecular flexibility index (Phi) is 5.22. The Morgan fingerprint density at radius 2 is 2.10 bits per heavy atom. The SMILES string of the molecule is CSCCn1c(C(C)Cl)nc2c(OC(C)C)cccc21. The number of imidazole rings is 1. The topological polar surface area (TPSA) is 27.1 Å². The number of nitrogens with zero attached hydrogens (tertiary/aromatic N) is 2. The Hall–Kier alpha value is -0.870. The van der Waals surface area contributed by atoms with E-state index in [0.717, 1.165) is 34.9 Å². The molecule has 0 N–H and O–H groups in total. The monoisotopic (exact) mass is 312 g/mol. The standard InChI is InChI=1S/C15H21ClN2OS/c1-10(2)19-13-7-5-6-12-14(13)17-15(11(3)16)18(12)8-9-20-4/h5-7,10-11H,8-9H2,1-4H3. The van der Waals surface area contributed by atoms with E-state index in [1.54, 1.807) is 0 Å². The minimum absolute atomic E-state index is 0.115. The van der Waals surface area contributed by atoms with Crippen LogP contribution in [0.3, 0.4) is 0 Å². The van der Waals surface area contributed by atoms with Crippen molar-refractivity contribution in [2.24, 2.45) is 0 Å². The largest absolute Gasteiger partial charge is 0.489 e. The molecule has 0 aliphatic carbocycles. The van der Waals surface area contributed by atoms with Crippen molar-refractivity contribution in [2.75, 3.05) is 12.0 Å². The van der Waals surface area contributed by atoms with E-state index in [0.29, 0.717) is 0 Å². The van der Waals surface area contributed by atoms with Crippen molar-refractivity contribution in [3.8, 4) is 5.75 Å². The molecule has 0 saturated heterocycles. The summed E-state index contributed by atoms with van der Waals surface area (Å²) in [6.45, 7) is 6.92. The van der Waals surface area contributed by atoms with Crippen molar-refractivity contribution in [3.05, 3.63) is 24.0 Å². The molecule has 1 atom stereocenters. The molecule has 0 radical (unpaired) electrons. The molecular weight excluding hydrogens is 292 g/mol. The lowest BCUT2D eigenvalue weighted by molar-refractivity contribution is 0.245. The van der Waals surface area contributed by atoms with E-state index < -0.39 is 0 Å².